The molecule has 0 amide bonds. The highest BCUT2D eigenvalue weighted by molar-refractivity contribution is 5.88. The van der Waals surface area contributed by atoms with Gasteiger partial charge in [0.05, 0.1) is 26.9 Å². The zero-order valence-corrected chi connectivity index (χ0v) is 13.4. The summed E-state index contributed by atoms with van der Waals surface area (Å²) in [5.74, 6) is 1.55. The number of esters is 1. The molecule has 5 nitrogen and oxygen atoms in total. The van der Waals surface area contributed by atoms with E-state index in [4.69, 9.17) is 18.9 Å². The first-order valence-corrected chi connectivity index (χ1v) is 6.84. The highest BCUT2D eigenvalue weighted by atomic mass is 16.6. The van der Waals surface area contributed by atoms with E-state index in [-0.39, 0.29) is 5.97 Å². The van der Waals surface area contributed by atoms with Gasteiger partial charge in [-0.25, -0.2) is 4.79 Å². The molecule has 0 saturated carbocycles. The van der Waals surface area contributed by atoms with Crippen molar-refractivity contribution in [3.05, 3.63) is 35.4 Å². The van der Waals surface area contributed by atoms with E-state index in [2.05, 4.69) is 0 Å². The first-order valence-electron chi connectivity index (χ1n) is 6.84. The first kappa shape index (κ1) is 15.9. The van der Waals surface area contributed by atoms with E-state index in [1.165, 1.54) is 6.08 Å². The van der Waals surface area contributed by atoms with Gasteiger partial charge in [-0.15, -0.1) is 0 Å². The van der Waals surface area contributed by atoms with Crippen LogP contribution in [0.15, 0.2) is 29.9 Å². The molecule has 0 N–H and O–H groups in total. The zero-order valence-electron chi connectivity index (χ0n) is 13.4. The molecule has 0 aromatic heterocycles. The maximum Gasteiger partial charge on any atom is 0.332 e. The lowest BCUT2D eigenvalue weighted by molar-refractivity contribution is -0.143. The summed E-state index contributed by atoms with van der Waals surface area (Å²) in [5.41, 5.74) is 0.917. The SMILES string of the molecule is COc1cc(OC)c(C=CC2=CC(=O)OC2(C)C)c(OC)c1. The molecular formula is C17H20O5. The topological polar surface area (TPSA) is 54.0 Å². The Bertz CT molecular complexity index is 615. The van der Waals surface area contributed by atoms with Crippen molar-refractivity contribution in [2.75, 3.05) is 21.3 Å². The van der Waals surface area contributed by atoms with Crippen molar-refractivity contribution in [1.82, 2.24) is 0 Å². The van der Waals surface area contributed by atoms with Crippen LogP contribution in [0.4, 0.5) is 0 Å². The van der Waals surface area contributed by atoms with Crippen LogP contribution in [0, 0.1) is 0 Å². The van der Waals surface area contributed by atoms with E-state index in [0.717, 1.165) is 11.1 Å². The number of rotatable bonds is 5. The summed E-state index contributed by atoms with van der Waals surface area (Å²) < 4.78 is 21.2. The Morgan fingerprint density at radius 3 is 2.00 bits per heavy atom. The van der Waals surface area contributed by atoms with Gasteiger partial charge in [-0.1, -0.05) is 6.08 Å². The van der Waals surface area contributed by atoms with Crippen LogP contribution >= 0.6 is 0 Å². The Labute approximate surface area is 130 Å². The van der Waals surface area contributed by atoms with Crippen molar-refractivity contribution < 1.29 is 23.7 Å². The third-order valence-corrected chi connectivity index (χ3v) is 3.51. The number of carbonyl (C=O) groups is 1. The van der Waals surface area contributed by atoms with Crippen LogP contribution in [-0.2, 0) is 9.53 Å². The molecule has 0 aliphatic carbocycles. The second-order valence-corrected chi connectivity index (χ2v) is 5.31. The van der Waals surface area contributed by atoms with Crippen molar-refractivity contribution >= 4 is 12.0 Å². The van der Waals surface area contributed by atoms with Crippen LogP contribution in [0.5, 0.6) is 17.2 Å². The van der Waals surface area contributed by atoms with Crippen molar-refractivity contribution in [1.29, 1.82) is 0 Å². The zero-order chi connectivity index (χ0) is 16.3. The molecule has 1 heterocycles. The van der Waals surface area contributed by atoms with Crippen LogP contribution in [0.2, 0.25) is 0 Å². The number of hydrogen-bond donors (Lipinski definition) is 0. The van der Waals surface area contributed by atoms with E-state index in [9.17, 15) is 4.79 Å². The minimum absolute atomic E-state index is 0.335. The highest BCUT2D eigenvalue weighted by Gasteiger charge is 2.32. The van der Waals surface area contributed by atoms with Gasteiger partial charge in [0.1, 0.15) is 22.8 Å². The average Bonchev–Trinajstić information content (AvgIpc) is 2.75. The Kier molecular flexibility index (Phi) is 4.45. The summed E-state index contributed by atoms with van der Waals surface area (Å²) in [5, 5.41) is 0. The number of hydrogen-bond acceptors (Lipinski definition) is 5. The predicted molar refractivity (Wildman–Crippen MR) is 83.4 cm³/mol. The molecule has 2 rings (SSSR count). The fraction of sp³-hybridized carbons (Fsp3) is 0.353. The van der Waals surface area contributed by atoms with Gasteiger partial charge in [0.2, 0.25) is 0 Å². The standard InChI is InChI=1S/C17H20O5/c1-17(2)11(8-16(18)22-17)6-7-13-14(20-4)9-12(19-3)10-15(13)21-5/h6-10H,1-5H3. The normalized spacial score (nSPS) is 16.4. The Morgan fingerprint density at radius 1 is 1.00 bits per heavy atom. The van der Waals surface area contributed by atoms with Crippen LogP contribution in [0.1, 0.15) is 19.4 Å². The molecule has 1 aromatic rings. The summed E-state index contributed by atoms with van der Waals surface area (Å²) in [6, 6.07) is 3.55. The van der Waals surface area contributed by atoms with Gasteiger partial charge < -0.3 is 18.9 Å². The van der Waals surface area contributed by atoms with Crippen LogP contribution in [0.3, 0.4) is 0 Å². The maximum absolute atomic E-state index is 11.4. The lowest BCUT2D eigenvalue weighted by atomic mass is 9.98. The van der Waals surface area contributed by atoms with Crippen LogP contribution in [0.25, 0.3) is 6.08 Å². The molecule has 0 unspecified atom stereocenters. The number of methoxy groups -OCH3 is 3. The molecular weight excluding hydrogens is 284 g/mol. The fourth-order valence-electron chi connectivity index (χ4n) is 2.26. The molecule has 118 valence electrons. The molecule has 0 atom stereocenters. The summed E-state index contributed by atoms with van der Waals surface area (Å²) in [7, 11) is 4.74. The molecule has 1 aliphatic rings. The molecule has 1 aromatic carbocycles. The summed E-state index contributed by atoms with van der Waals surface area (Å²) in [6.45, 7) is 3.69. The van der Waals surface area contributed by atoms with Gasteiger partial charge >= 0.3 is 5.97 Å². The minimum atomic E-state index is -0.638. The van der Waals surface area contributed by atoms with Gasteiger partial charge in [0, 0.05) is 23.8 Å². The van der Waals surface area contributed by atoms with E-state index in [1.807, 2.05) is 26.0 Å². The third-order valence-electron chi connectivity index (χ3n) is 3.51. The third kappa shape index (κ3) is 3.08. The predicted octanol–water partition coefficient (Wildman–Crippen LogP) is 2.99. The van der Waals surface area contributed by atoms with Gasteiger partial charge in [-0.05, 0) is 19.9 Å². The Morgan fingerprint density at radius 2 is 1.59 bits per heavy atom. The molecule has 0 radical (unpaired) electrons. The van der Waals surface area contributed by atoms with Gasteiger partial charge in [-0.3, -0.25) is 0 Å². The number of ether oxygens (including phenoxy) is 4. The van der Waals surface area contributed by atoms with Crippen molar-refractivity contribution in [3.8, 4) is 17.2 Å². The summed E-state index contributed by atoms with van der Waals surface area (Å²) in [6.07, 6.45) is 5.16. The molecule has 1 aliphatic heterocycles. The molecule has 0 bridgehead atoms. The fourth-order valence-corrected chi connectivity index (χ4v) is 2.26. The average molecular weight is 304 g/mol. The number of benzene rings is 1. The Balaban J connectivity index is 2.42. The van der Waals surface area contributed by atoms with Crippen molar-refractivity contribution in [3.63, 3.8) is 0 Å². The van der Waals surface area contributed by atoms with Crippen LogP contribution < -0.4 is 14.2 Å². The van der Waals surface area contributed by atoms with Crippen molar-refractivity contribution in [2.45, 2.75) is 19.4 Å². The molecule has 5 heteroatoms. The van der Waals surface area contributed by atoms with E-state index >= 15 is 0 Å². The van der Waals surface area contributed by atoms with E-state index in [1.54, 1.807) is 33.5 Å². The summed E-state index contributed by atoms with van der Waals surface area (Å²) in [4.78, 5) is 11.4. The maximum atomic E-state index is 11.4. The van der Waals surface area contributed by atoms with Crippen molar-refractivity contribution in [2.24, 2.45) is 0 Å². The number of carbonyl (C=O) groups excluding carboxylic acids is 1. The monoisotopic (exact) mass is 304 g/mol. The van der Waals surface area contributed by atoms with E-state index in [0.29, 0.717) is 17.2 Å². The highest BCUT2D eigenvalue weighted by Crippen LogP contribution is 2.36. The molecule has 0 spiro atoms. The lowest BCUT2D eigenvalue weighted by Gasteiger charge is -2.19. The van der Waals surface area contributed by atoms with Crippen LogP contribution in [-0.4, -0.2) is 32.9 Å². The summed E-state index contributed by atoms with van der Waals surface area (Å²) >= 11 is 0. The number of cyclic esters (lactones) is 1. The largest absolute Gasteiger partial charge is 0.496 e. The molecule has 0 saturated heterocycles. The minimum Gasteiger partial charge on any atom is -0.496 e. The van der Waals surface area contributed by atoms with Gasteiger partial charge in [0.25, 0.3) is 0 Å². The quantitative estimate of drug-likeness (QED) is 0.783. The molecule has 22 heavy (non-hydrogen) atoms. The smallest absolute Gasteiger partial charge is 0.332 e. The molecule has 0 fully saturated rings. The lowest BCUT2D eigenvalue weighted by Crippen LogP contribution is -2.22. The Hall–Kier alpha value is -2.43. The van der Waals surface area contributed by atoms with Gasteiger partial charge in [-0.2, -0.15) is 0 Å². The first-order chi connectivity index (χ1) is 10.4. The van der Waals surface area contributed by atoms with Gasteiger partial charge in [0.15, 0.2) is 0 Å². The second-order valence-electron chi connectivity index (χ2n) is 5.31. The van der Waals surface area contributed by atoms with E-state index < -0.39 is 5.60 Å². The second kappa shape index (κ2) is 6.13.